The van der Waals surface area contributed by atoms with Gasteiger partial charge in [-0.1, -0.05) is 18.5 Å². The zero-order valence-electron chi connectivity index (χ0n) is 12.3. The molecule has 1 aliphatic rings. The molecule has 4 heteroatoms. The van der Waals surface area contributed by atoms with Gasteiger partial charge in [-0.15, -0.1) is 0 Å². The van der Waals surface area contributed by atoms with Crippen molar-refractivity contribution in [2.24, 2.45) is 0 Å². The Balaban J connectivity index is 2.04. The van der Waals surface area contributed by atoms with Gasteiger partial charge in [0.2, 0.25) is 0 Å². The average molecular weight is 298 g/mol. The molecule has 20 heavy (non-hydrogen) atoms. The Morgan fingerprint density at radius 3 is 2.95 bits per heavy atom. The standard InChI is InChI=1S/C16H24ClNO2/c1-3-9-20-16-8-7-12(17)10-15(16)18-13-5-4-6-14(11-13)19-2/h7-8,10,13-14,18H,3-6,9,11H2,1-2H3. The van der Waals surface area contributed by atoms with E-state index >= 15 is 0 Å². The van der Waals surface area contributed by atoms with E-state index in [1.54, 1.807) is 7.11 Å². The SMILES string of the molecule is CCCOc1ccc(Cl)cc1NC1CCCC(OC)C1. The second-order valence-electron chi connectivity index (χ2n) is 5.35. The predicted molar refractivity (Wildman–Crippen MR) is 83.9 cm³/mol. The van der Waals surface area contributed by atoms with Crippen LogP contribution in [0.3, 0.4) is 0 Å². The summed E-state index contributed by atoms with van der Waals surface area (Å²) in [4.78, 5) is 0. The Morgan fingerprint density at radius 1 is 1.35 bits per heavy atom. The van der Waals surface area contributed by atoms with E-state index in [4.69, 9.17) is 21.1 Å². The molecule has 2 atom stereocenters. The molecule has 0 aromatic heterocycles. The highest BCUT2D eigenvalue weighted by Gasteiger charge is 2.22. The topological polar surface area (TPSA) is 30.5 Å². The van der Waals surface area contributed by atoms with Crippen LogP contribution in [0.4, 0.5) is 5.69 Å². The third kappa shape index (κ3) is 4.29. The molecule has 1 fully saturated rings. The number of hydrogen-bond donors (Lipinski definition) is 1. The lowest BCUT2D eigenvalue weighted by molar-refractivity contribution is 0.0669. The summed E-state index contributed by atoms with van der Waals surface area (Å²) in [6.45, 7) is 2.83. The zero-order valence-corrected chi connectivity index (χ0v) is 13.1. The third-order valence-corrected chi connectivity index (χ3v) is 3.96. The Hall–Kier alpha value is -0.930. The molecule has 0 saturated heterocycles. The Kier molecular flexibility index (Phi) is 5.99. The lowest BCUT2D eigenvalue weighted by Gasteiger charge is -2.30. The van der Waals surface area contributed by atoms with Gasteiger partial charge in [0.1, 0.15) is 5.75 Å². The van der Waals surface area contributed by atoms with Crippen molar-refractivity contribution in [3.05, 3.63) is 23.2 Å². The van der Waals surface area contributed by atoms with E-state index in [2.05, 4.69) is 12.2 Å². The molecule has 0 amide bonds. The second kappa shape index (κ2) is 7.75. The van der Waals surface area contributed by atoms with Gasteiger partial charge in [0.25, 0.3) is 0 Å². The largest absolute Gasteiger partial charge is 0.491 e. The number of anilines is 1. The molecule has 0 heterocycles. The van der Waals surface area contributed by atoms with Crippen molar-refractivity contribution in [1.29, 1.82) is 0 Å². The number of nitrogens with one attached hydrogen (secondary N) is 1. The smallest absolute Gasteiger partial charge is 0.142 e. The summed E-state index contributed by atoms with van der Waals surface area (Å²) < 4.78 is 11.3. The lowest BCUT2D eigenvalue weighted by Crippen LogP contribution is -2.31. The van der Waals surface area contributed by atoms with Crippen LogP contribution in [0.15, 0.2) is 18.2 Å². The van der Waals surface area contributed by atoms with E-state index in [9.17, 15) is 0 Å². The first-order chi connectivity index (χ1) is 9.72. The van der Waals surface area contributed by atoms with Crippen molar-refractivity contribution in [2.75, 3.05) is 19.0 Å². The number of benzene rings is 1. The first-order valence-electron chi connectivity index (χ1n) is 7.44. The van der Waals surface area contributed by atoms with Gasteiger partial charge in [-0.25, -0.2) is 0 Å². The molecule has 1 N–H and O–H groups in total. The summed E-state index contributed by atoms with van der Waals surface area (Å²) in [5.41, 5.74) is 0.993. The van der Waals surface area contributed by atoms with Crippen molar-refractivity contribution in [1.82, 2.24) is 0 Å². The Labute approximate surface area is 126 Å². The van der Waals surface area contributed by atoms with E-state index in [0.29, 0.717) is 12.1 Å². The minimum Gasteiger partial charge on any atom is -0.491 e. The monoisotopic (exact) mass is 297 g/mol. The first-order valence-corrected chi connectivity index (χ1v) is 7.82. The quantitative estimate of drug-likeness (QED) is 0.838. The fraction of sp³-hybridized carbons (Fsp3) is 0.625. The van der Waals surface area contributed by atoms with Crippen molar-refractivity contribution in [3.8, 4) is 5.75 Å². The van der Waals surface area contributed by atoms with Crippen LogP contribution in [0.2, 0.25) is 5.02 Å². The molecule has 0 bridgehead atoms. The predicted octanol–water partition coefficient (Wildman–Crippen LogP) is 4.50. The van der Waals surface area contributed by atoms with Crippen LogP contribution in [0.5, 0.6) is 5.75 Å². The maximum atomic E-state index is 6.10. The molecule has 3 nitrogen and oxygen atoms in total. The van der Waals surface area contributed by atoms with Crippen LogP contribution >= 0.6 is 11.6 Å². The Bertz CT molecular complexity index is 425. The van der Waals surface area contributed by atoms with Crippen LogP contribution in [-0.2, 0) is 4.74 Å². The van der Waals surface area contributed by atoms with Gasteiger partial charge in [0.15, 0.2) is 0 Å². The van der Waals surface area contributed by atoms with Crippen LogP contribution < -0.4 is 10.1 Å². The summed E-state index contributed by atoms with van der Waals surface area (Å²) in [7, 11) is 1.79. The fourth-order valence-electron chi connectivity index (χ4n) is 2.66. The van der Waals surface area contributed by atoms with Crippen molar-refractivity contribution in [3.63, 3.8) is 0 Å². The molecule has 0 spiro atoms. The van der Waals surface area contributed by atoms with Gasteiger partial charge in [-0.05, 0) is 50.3 Å². The minimum absolute atomic E-state index is 0.362. The number of halogens is 1. The first kappa shape index (κ1) is 15.5. The van der Waals surface area contributed by atoms with E-state index in [1.807, 2.05) is 18.2 Å². The van der Waals surface area contributed by atoms with Crippen molar-refractivity contribution in [2.45, 2.75) is 51.2 Å². The van der Waals surface area contributed by atoms with E-state index < -0.39 is 0 Å². The molecular formula is C16H24ClNO2. The molecule has 1 saturated carbocycles. The molecule has 2 unspecified atom stereocenters. The molecule has 1 aromatic carbocycles. The van der Waals surface area contributed by atoms with E-state index in [1.165, 1.54) is 12.8 Å². The van der Waals surface area contributed by atoms with E-state index in [0.717, 1.165) is 42.3 Å². The normalized spacial score (nSPS) is 22.6. The van der Waals surface area contributed by atoms with Gasteiger partial charge in [-0.3, -0.25) is 0 Å². The number of methoxy groups -OCH3 is 1. The molecule has 0 radical (unpaired) electrons. The molecule has 0 aliphatic heterocycles. The summed E-state index contributed by atoms with van der Waals surface area (Å²) >= 11 is 6.10. The van der Waals surface area contributed by atoms with E-state index in [-0.39, 0.29) is 0 Å². The molecule has 2 rings (SSSR count). The Morgan fingerprint density at radius 2 is 2.20 bits per heavy atom. The van der Waals surface area contributed by atoms with Gasteiger partial charge >= 0.3 is 0 Å². The zero-order chi connectivity index (χ0) is 14.4. The van der Waals surface area contributed by atoms with Crippen LogP contribution in [-0.4, -0.2) is 25.9 Å². The van der Waals surface area contributed by atoms with Crippen molar-refractivity contribution < 1.29 is 9.47 Å². The summed E-state index contributed by atoms with van der Waals surface area (Å²) in [6, 6.07) is 6.19. The van der Waals surface area contributed by atoms with Gasteiger partial charge in [0.05, 0.1) is 18.4 Å². The van der Waals surface area contributed by atoms with Crippen molar-refractivity contribution >= 4 is 17.3 Å². The van der Waals surface area contributed by atoms with Gasteiger partial charge in [-0.2, -0.15) is 0 Å². The van der Waals surface area contributed by atoms with Crippen LogP contribution in [0, 0.1) is 0 Å². The lowest BCUT2D eigenvalue weighted by atomic mass is 9.92. The maximum absolute atomic E-state index is 6.10. The highest BCUT2D eigenvalue weighted by Crippen LogP contribution is 2.31. The minimum atomic E-state index is 0.362. The third-order valence-electron chi connectivity index (χ3n) is 3.72. The van der Waals surface area contributed by atoms with Gasteiger partial charge < -0.3 is 14.8 Å². The van der Waals surface area contributed by atoms with Crippen LogP contribution in [0.1, 0.15) is 39.0 Å². The number of hydrogen-bond acceptors (Lipinski definition) is 3. The number of rotatable bonds is 6. The fourth-order valence-corrected chi connectivity index (χ4v) is 2.84. The summed E-state index contributed by atoms with van der Waals surface area (Å²) in [5, 5.41) is 4.31. The summed E-state index contributed by atoms with van der Waals surface area (Å²) in [6.07, 6.45) is 5.92. The van der Waals surface area contributed by atoms with Crippen LogP contribution in [0.25, 0.3) is 0 Å². The molecule has 112 valence electrons. The highest BCUT2D eigenvalue weighted by molar-refractivity contribution is 6.30. The number of ether oxygens (including phenoxy) is 2. The summed E-state index contributed by atoms with van der Waals surface area (Å²) in [5.74, 6) is 0.885. The maximum Gasteiger partial charge on any atom is 0.142 e. The molecular weight excluding hydrogens is 274 g/mol. The van der Waals surface area contributed by atoms with Gasteiger partial charge in [0, 0.05) is 18.2 Å². The highest BCUT2D eigenvalue weighted by atomic mass is 35.5. The average Bonchev–Trinajstić information content (AvgIpc) is 2.47. The molecule has 1 aromatic rings. The molecule has 1 aliphatic carbocycles. The second-order valence-corrected chi connectivity index (χ2v) is 5.79.